The topological polar surface area (TPSA) is 260 Å². The Hall–Kier alpha value is -4.16. The number of nitro benzene ring substituents is 1. The number of nitrogens with zero attached hydrogens (tertiary/aromatic N) is 6. The molecular formula is C32H46N7O13PSi2. The normalized spacial score (nSPS) is 22.6. The maximum Gasteiger partial charge on any atom is 0.475 e. The minimum Gasteiger partial charge on any atom is -0.465 e. The van der Waals surface area contributed by atoms with Gasteiger partial charge in [0.25, 0.3) is 11.6 Å². The number of imidazole rings is 1. The Bertz CT molecular complexity index is 1940. The average Bonchev–Trinajstić information content (AvgIpc) is 3.66. The predicted molar refractivity (Wildman–Crippen MR) is 200 cm³/mol. The Morgan fingerprint density at radius 2 is 1.69 bits per heavy atom. The number of nitrogens with two attached hydrogens (primary N) is 1. The number of ether oxygens (including phenoxy) is 3. The highest BCUT2D eigenvalue weighted by molar-refractivity contribution is 7.48. The Labute approximate surface area is 318 Å². The van der Waals surface area contributed by atoms with E-state index in [0.29, 0.717) is 12.1 Å². The number of aliphatic hydroxyl groups excluding tert-OH is 1. The Morgan fingerprint density at radius 1 is 1.05 bits per heavy atom. The van der Waals surface area contributed by atoms with Gasteiger partial charge in [-0.25, -0.2) is 19.5 Å². The summed E-state index contributed by atoms with van der Waals surface area (Å²) in [5.74, 6) is -2.24. The Morgan fingerprint density at radius 3 is 2.29 bits per heavy atom. The highest BCUT2D eigenvalue weighted by Crippen LogP contribution is 2.57. The van der Waals surface area contributed by atoms with Crippen LogP contribution in [0.3, 0.4) is 0 Å². The minimum atomic E-state index is -4.42. The van der Waals surface area contributed by atoms with Crippen LogP contribution in [0.25, 0.3) is 11.2 Å². The lowest BCUT2D eigenvalue weighted by Crippen LogP contribution is -2.41. The number of carbonyl (C=O) groups excluding carboxylic acids is 3. The lowest BCUT2D eigenvalue weighted by molar-refractivity contribution is -0.385. The monoisotopic (exact) mass is 823 g/mol. The average molecular weight is 824 g/mol. The Balaban J connectivity index is 1.27. The molecule has 2 saturated heterocycles. The molecule has 5 rings (SSSR count). The molecule has 23 heteroatoms. The van der Waals surface area contributed by atoms with Gasteiger partial charge in [-0.3, -0.25) is 42.6 Å². The lowest BCUT2D eigenvalue weighted by atomic mass is 10.1. The zero-order valence-electron chi connectivity index (χ0n) is 31.4. The molecule has 3 N–H and O–H groups in total. The SMILES string of the molecule is C[Si](C)(C)CCOC(=O)CN(CC(=O)OCC[Si](C)(C)C)C(=O)c1ccc(CO[P@]2(=O)OC[C@H]3O[C@@H](n4cnc5c(N)ncnc54)[C@H](O)[C@@H]3O2)c([N+](=O)[O-])c1. The molecule has 1 amide bonds. The van der Waals surface area contributed by atoms with E-state index in [4.69, 9.17) is 33.5 Å². The number of hydrogen-bond acceptors (Lipinski definition) is 17. The van der Waals surface area contributed by atoms with E-state index in [2.05, 4.69) is 54.2 Å². The first-order valence-corrected chi connectivity index (χ1v) is 26.3. The van der Waals surface area contributed by atoms with Gasteiger partial charge in [0, 0.05) is 27.8 Å². The van der Waals surface area contributed by atoms with E-state index in [1.807, 2.05) is 0 Å². The van der Waals surface area contributed by atoms with Crippen molar-refractivity contribution in [3.05, 3.63) is 52.1 Å². The molecule has 2 aliphatic heterocycles. The highest BCUT2D eigenvalue weighted by atomic mass is 31.2. The number of fused-ring (bicyclic) bond motifs is 2. The Kier molecular flexibility index (Phi) is 12.9. The molecule has 55 heavy (non-hydrogen) atoms. The molecule has 0 aliphatic carbocycles. The van der Waals surface area contributed by atoms with E-state index >= 15 is 0 Å². The summed E-state index contributed by atoms with van der Waals surface area (Å²) in [6.07, 6.45) is -1.95. The van der Waals surface area contributed by atoms with Crippen LogP contribution >= 0.6 is 7.82 Å². The van der Waals surface area contributed by atoms with Crippen molar-refractivity contribution in [2.24, 2.45) is 0 Å². The standard InChI is InChI=1S/C32H46N7O13PSi2/c1-54(2,3)11-9-47-24(40)14-37(15-25(41)48-10-12-55(4,5)6)31(43)20-7-8-21(22(13-20)39(44)45)16-49-53(46)50-17-23-28(52-53)27(42)32(51-23)38-19-36-26-29(33)34-18-35-30(26)38/h7-8,13,18-19,23,27-28,32,42H,9-12,14-17H2,1-6H3,(H2,33,34,35)/t23-,27-,28-,32-,53-/m1/s1. The van der Waals surface area contributed by atoms with Crippen LogP contribution in [0.4, 0.5) is 11.5 Å². The summed E-state index contributed by atoms with van der Waals surface area (Å²) in [5.41, 5.74) is 5.54. The highest BCUT2D eigenvalue weighted by Gasteiger charge is 2.53. The fraction of sp³-hybridized carbons (Fsp3) is 0.562. The summed E-state index contributed by atoms with van der Waals surface area (Å²) >= 11 is 0. The smallest absolute Gasteiger partial charge is 0.465 e. The summed E-state index contributed by atoms with van der Waals surface area (Å²) in [7, 11) is -7.49. The fourth-order valence-electron chi connectivity index (χ4n) is 5.55. The van der Waals surface area contributed by atoms with Crippen molar-refractivity contribution in [1.82, 2.24) is 24.4 Å². The van der Waals surface area contributed by atoms with Gasteiger partial charge >= 0.3 is 19.8 Å². The number of carbonyl (C=O) groups is 3. The maximum atomic E-state index is 13.7. The van der Waals surface area contributed by atoms with Gasteiger partial charge in [-0.2, -0.15) is 0 Å². The van der Waals surface area contributed by atoms with Gasteiger partial charge in [0.15, 0.2) is 17.7 Å². The van der Waals surface area contributed by atoms with Crippen molar-refractivity contribution >= 4 is 64.5 Å². The number of rotatable bonds is 16. The molecule has 2 aliphatic rings. The second-order valence-corrected chi connectivity index (χ2v) is 28.4. The molecule has 2 aromatic heterocycles. The maximum absolute atomic E-state index is 13.7. The van der Waals surface area contributed by atoms with Crippen molar-refractivity contribution in [3.63, 3.8) is 0 Å². The predicted octanol–water partition coefficient (Wildman–Crippen LogP) is 3.52. The van der Waals surface area contributed by atoms with Crippen LogP contribution in [0.15, 0.2) is 30.9 Å². The number of aliphatic hydroxyl groups is 1. The van der Waals surface area contributed by atoms with E-state index in [0.717, 1.165) is 11.0 Å². The molecule has 0 saturated carbocycles. The third kappa shape index (κ3) is 10.8. The number of nitrogen functional groups attached to an aromatic ring is 1. The molecule has 300 valence electrons. The number of anilines is 1. The molecular weight excluding hydrogens is 778 g/mol. The second kappa shape index (κ2) is 16.9. The minimum absolute atomic E-state index is 0.0996. The number of aromatic nitrogens is 4. The van der Waals surface area contributed by atoms with Crippen molar-refractivity contribution < 1.29 is 56.8 Å². The van der Waals surface area contributed by atoms with E-state index in [9.17, 15) is 34.2 Å². The number of phosphoric acid groups is 1. The molecule has 2 fully saturated rings. The molecule has 4 heterocycles. The number of benzene rings is 1. The molecule has 0 spiro atoms. The number of amides is 1. The van der Waals surface area contributed by atoms with Crippen LogP contribution in [0.2, 0.25) is 51.4 Å². The molecule has 0 bridgehead atoms. The number of phosphoric ester groups is 1. The van der Waals surface area contributed by atoms with Crippen LogP contribution in [0, 0.1) is 10.1 Å². The molecule has 0 unspecified atom stereocenters. The second-order valence-electron chi connectivity index (χ2n) is 15.5. The molecule has 20 nitrogen and oxygen atoms in total. The van der Waals surface area contributed by atoms with Crippen LogP contribution in [0.1, 0.15) is 22.1 Å². The summed E-state index contributed by atoms with van der Waals surface area (Å²) in [4.78, 5) is 63.8. The summed E-state index contributed by atoms with van der Waals surface area (Å²) in [6.45, 7) is 10.8. The number of hydrogen-bond donors (Lipinski definition) is 2. The van der Waals surface area contributed by atoms with Gasteiger partial charge in [0.05, 0.1) is 43.2 Å². The first-order valence-electron chi connectivity index (χ1n) is 17.5. The van der Waals surface area contributed by atoms with Gasteiger partial charge in [0.2, 0.25) is 0 Å². The van der Waals surface area contributed by atoms with Crippen LogP contribution in [0.5, 0.6) is 0 Å². The van der Waals surface area contributed by atoms with Gasteiger partial charge in [0.1, 0.15) is 43.2 Å². The van der Waals surface area contributed by atoms with Crippen molar-refractivity contribution in [1.29, 1.82) is 0 Å². The zero-order valence-corrected chi connectivity index (χ0v) is 34.3. The summed E-state index contributed by atoms with van der Waals surface area (Å²) in [5, 5.41) is 23.3. The van der Waals surface area contributed by atoms with E-state index in [1.165, 1.54) is 29.4 Å². The quantitative estimate of drug-likeness (QED) is 0.0688. The third-order valence-electron chi connectivity index (χ3n) is 8.68. The van der Waals surface area contributed by atoms with E-state index in [-0.39, 0.29) is 47.9 Å². The van der Waals surface area contributed by atoms with Crippen molar-refractivity contribution in [3.8, 4) is 0 Å². The van der Waals surface area contributed by atoms with Crippen LogP contribution in [-0.2, 0) is 48.5 Å². The fourth-order valence-corrected chi connectivity index (χ4v) is 8.36. The zero-order chi connectivity index (χ0) is 40.3. The molecule has 5 atom stereocenters. The van der Waals surface area contributed by atoms with Gasteiger partial charge in [-0.15, -0.1) is 0 Å². The first-order chi connectivity index (χ1) is 25.7. The number of esters is 2. The first kappa shape index (κ1) is 42.0. The van der Waals surface area contributed by atoms with Crippen LogP contribution in [-0.4, -0.2) is 120 Å². The van der Waals surface area contributed by atoms with Gasteiger partial charge < -0.3 is 30.0 Å². The largest absolute Gasteiger partial charge is 0.475 e. The molecule has 0 radical (unpaired) electrons. The van der Waals surface area contributed by atoms with Crippen molar-refractivity contribution in [2.75, 3.05) is 38.6 Å². The number of nitro groups is 1. The molecule has 3 aromatic rings. The van der Waals surface area contributed by atoms with Crippen molar-refractivity contribution in [2.45, 2.75) is 82.5 Å². The van der Waals surface area contributed by atoms with Gasteiger partial charge in [-0.05, 0) is 24.2 Å². The lowest BCUT2D eigenvalue weighted by Gasteiger charge is -2.30. The van der Waals surface area contributed by atoms with E-state index < -0.39 is 96.7 Å². The molecule has 1 aromatic carbocycles. The van der Waals surface area contributed by atoms with Crippen LogP contribution < -0.4 is 5.73 Å². The summed E-state index contributed by atoms with van der Waals surface area (Å²) in [6, 6.07) is 4.79. The third-order valence-corrected chi connectivity index (χ3v) is 13.5. The summed E-state index contributed by atoms with van der Waals surface area (Å²) < 4.78 is 48.0. The van der Waals surface area contributed by atoms with E-state index in [1.54, 1.807) is 0 Å². The van der Waals surface area contributed by atoms with Gasteiger partial charge in [-0.1, -0.05) is 39.3 Å².